The Morgan fingerprint density at radius 3 is 2.25 bits per heavy atom. The van der Waals surface area contributed by atoms with E-state index in [4.69, 9.17) is 4.74 Å². The van der Waals surface area contributed by atoms with Gasteiger partial charge in [-0.3, -0.25) is 9.59 Å². The summed E-state index contributed by atoms with van der Waals surface area (Å²) in [6.07, 6.45) is 8.11. The first-order valence-electron chi connectivity index (χ1n) is 9.03. The fourth-order valence-electron chi connectivity index (χ4n) is 3.50. The Bertz CT molecular complexity index is 558. The summed E-state index contributed by atoms with van der Waals surface area (Å²) in [6, 6.07) is 7.25. The molecule has 1 saturated carbocycles. The van der Waals surface area contributed by atoms with Crippen LogP contribution in [-0.4, -0.2) is 24.5 Å². The fraction of sp³-hybridized carbons (Fsp3) is 0.579. The molecule has 2 amide bonds. The third-order valence-electron chi connectivity index (χ3n) is 4.91. The zero-order valence-electron chi connectivity index (χ0n) is 14.1. The topological polar surface area (TPSA) is 67.4 Å². The summed E-state index contributed by atoms with van der Waals surface area (Å²) in [5.41, 5.74) is 1.49. The monoisotopic (exact) mass is 330 g/mol. The smallest absolute Gasteiger partial charge is 0.253 e. The lowest BCUT2D eigenvalue weighted by molar-refractivity contribution is -0.124. The van der Waals surface area contributed by atoms with Gasteiger partial charge < -0.3 is 15.4 Å². The Hall–Kier alpha value is -1.88. The second kappa shape index (κ2) is 8.29. The molecule has 2 N–H and O–H groups in total. The highest BCUT2D eigenvalue weighted by atomic mass is 16.5. The van der Waals surface area contributed by atoms with Crippen LogP contribution in [0.4, 0.5) is 11.4 Å². The average molecular weight is 330 g/mol. The largest absolute Gasteiger partial charge is 0.368 e. The molecular formula is C19H26N2O3. The predicted octanol–water partition coefficient (Wildman–Crippen LogP) is 3.71. The van der Waals surface area contributed by atoms with Gasteiger partial charge in [0.2, 0.25) is 5.91 Å². The van der Waals surface area contributed by atoms with Gasteiger partial charge in [-0.15, -0.1) is 0 Å². The number of hydrogen-bond donors (Lipinski definition) is 2. The van der Waals surface area contributed by atoms with E-state index < -0.39 is 0 Å². The third-order valence-corrected chi connectivity index (χ3v) is 4.91. The number of hydrogen-bond acceptors (Lipinski definition) is 3. The molecule has 5 nitrogen and oxygen atoms in total. The Kier molecular flexibility index (Phi) is 5.86. The number of carbonyl (C=O) groups is 2. The summed E-state index contributed by atoms with van der Waals surface area (Å²) in [4.78, 5) is 24.0. The third kappa shape index (κ3) is 4.81. The molecule has 1 aromatic carbocycles. The average Bonchev–Trinajstić information content (AvgIpc) is 3.28. The second-order valence-electron chi connectivity index (χ2n) is 6.81. The molecule has 2 fully saturated rings. The first-order chi connectivity index (χ1) is 11.7. The Morgan fingerprint density at radius 1 is 0.958 bits per heavy atom. The molecule has 1 aromatic rings. The minimum Gasteiger partial charge on any atom is -0.368 e. The van der Waals surface area contributed by atoms with Crippen molar-refractivity contribution in [2.75, 3.05) is 17.2 Å². The maximum absolute atomic E-state index is 12.0. The van der Waals surface area contributed by atoms with Crippen LogP contribution < -0.4 is 10.6 Å². The molecule has 1 aliphatic carbocycles. The van der Waals surface area contributed by atoms with Gasteiger partial charge >= 0.3 is 0 Å². The Labute approximate surface area is 143 Å². The van der Waals surface area contributed by atoms with Crippen LogP contribution in [0.1, 0.15) is 51.4 Å². The number of anilines is 2. The number of ether oxygens (including phenoxy) is 1. The van der Waals surface area contributed by atoms with Gasteiger partial charge in [-0.2, -0.15) is 0 Å². The molecule has 5 heteroatoms. The summed E-state index contributed by atoms with van der Waals surface area (Å²) in [6.45, 7) is 0.657. The molecular weight excluding hydrogens is 304 g/mol. The van der Waals surface area contributed by atoms with Crippen molar-refractivity contribution in [2.24, 2.45) is 5.92 Å². The van der Waals surface area contributed by atoms with Crippen LogP contribution in [0.25, 0.3) is 0 Å². The van der Waals surface area contributed by atoms with E-state index in [1.807, 2.05) is 12.1 Å². The summed E-state index contributed by atoms with van der Waals surface area (Å²) < 4.78 is 5.36. The number of carbonyl (C=O) groups excluding carboxylic acids is 2. The normalized spacial score (nSPS) is 20.9. The second-order valence-corrected chi connectivity index (χ2v) is 6.81. The molecule has 24 heavy (non-hydrogen) atoms. The minimum absolute atomic E-state index is 0.0676. The van der Waals surface area contributed by atoms with Gasteiger partial charge in [0, 0.05) is 24.4 Å². The zero-order valence-corrected chi connectivity index (χ0v) is 14.1. The van der Waals surface area contributed by atoms with Crippen LogP contribution in [0, 0.1) is 5.92 Å². The van der Waals surface area contributed by atoms with Crippen LogP contribution in [0.3, 0.4) is 0 Å². The molecule has 1 heterocycles. The minimum atomic E-state index is -0.333. The van der Waals surface area contributed by atoms with Gasteiger partial charge in [-0.1, -0.05) is 25.7 Å². The van der Waals surface area contributed by atoms with E-state index in [9.17, 15) is 9.59 Å². The van der Waals surface area contributed by atoms with Crippen molar-refractivity contribution in [3.63, 3.8) is 0 Å². The molecule has 1 atom stereocenters. The van der Waals surface area contributed by atoms with Crippen LogP contribution >= 0.6 is 0 Å². The van der Waals surface area contributed by atoms with E-state index in [1.54, 1.807) is 12.1 Å². The molecule has 0 bridgehead atoms. The van der Waals surface area contributed by atoms with E-state index in [1.165, 1.54) is 25.7 Å². The first kappa shape index (κ1) is 17.0. The van der Waals surface area contributed by atoms with E-state index in [0.29, 0.717) is 13.0 Å². The van der Waals surface area contributed by atoms with Gasteiger partial charge in [0.1, 0.15) is 6.10 Å². The highest BCUT2D eigenvalue weighted by Crippen LogP contribution is 2.28. The van der Waals surface area contributed by atoms with Crippen LogP contribution in [0.2, 0.25) is 0 Å². The number of nitrogens with one attached hydrogen (secondary N) is 2. The quantitative estimate of drug-likeness (QED) is 0.835. The fourth-order valence-corrected chi connectivity index (χ4v) is 3.50. The molecule has 1 aliphatic heterocycles. The molecule has 1 saturated heterocycles. The maximum atomic E-state index is 12.0. The van der Waals surface area contributed by atoms with Crippen LogP contribution in [0.5, 0.6) is 0 Å². The maximum Gasteiger partial charge on any atom is 0.253 e. The molecule has 0 unspecified atom stereocenters. The van der Waals surface area contributed by atoms with Gasteiger partial charge in [0.15, 0.2) is 0 Å². The molecule has 2 aliphatic rings. The van der Waals surface area contributed by atoms with Gasteiger partial charge in [-0.25, -0.2) is 0 Å². The van der Waals surface area contributed by atoms with Crippen molar-refractivity contribution in [1.82, 2.24) is 0 Å². The molecule has 3 rings (SSSR count). The van der Waals surface area contributed by atoms with Crippen LogP contribution in [-0.2, 0) is 14.3 Å². The van der Waals surface area contributed by atoms with Crippen LogP contribution in [0.15, 0.2) is 24.3 Å². The lowest BCUT2D eigenvalue weighted by Crippen LogP contribution is -2.26. The van der Waals surface area contributed by atoms with Gasteiger partial charge in [0.25, 0.3) is 5.91 Å². The predicted molar refractivity (Wildman–Crippen MR) is 93.9 cm³/mol. The molecule has 0 radical (unpaired) electrons. The lowest BCUT2D eigenvalue weighted by atomic mass is 10.0. The number of amides is 2. The van der Waals surface area contributed by atoms with E-state index >= 15 is 0 Å². The SMILES string of the molecule is O=C(CCC1CCCC1)Nc1ccc(NC(=O)[C@@H]2CCCO2)cc1. The highest BCUT2D eigenvalue weighted by Gasteiger charge is 2.23. The summed E-state index contributed by atoms with van der Waals surface area (Å²) >= 11 is 0. The number of rotatable bonds is 6. The van der Waals surface area contributed by atoms with E-state index in [2.05, 4.69) is 10.6 Å². The summed E-state index contributed by atoms with van der Waals surface area (Å²) in [5, 5.41) is 5.78. The van der Waals surface area contributed by atoms with Crippen molar-refractivity contribution in [2.45, 2.75) is 57.5 Å². The molecule has 0 aromatic heterocycles. The Balaban J connectivity index is 1.43. The van der Waals surface area contributed by atoms with Crippen molar-refractivity contribution < 1.29 is 14.3 Å². The molecule has 0 spiro atoms. The van der Waals surface area contributed by atoms with Gasteiger partial charge in [0.05, 0.1) is 0 Å². The summed E-state index contributed by atoms with van der Waals surface area (Å²) in [5.74, 6) is 0.699. The van der Waals surface area contributed by atoms with Crippen molar-refractivity contribution in [3.05, 3.63) is 24.3 Å². The highest BCUT2D eigenvalue weighted by molar-refractivity contribution is 5.95. The van der Waals surface area contributed by atoms with Crippen molar-refractivity contribution in [3.8, 4) is 0 Å². The standard InChI is InChI=1S/C19H26N2O3/c22-18(12-7-14-4-1-2-5-14)20-15-8-10-16(11-9-15)21-19(23)17-6-3-13-24-17/h8-11,14,17H,1-7,12-13H2,(H,20,22)(H,21,23)/t17-/m0/s1. The zero-order chi connectivity index (χ0) is 16.8. The van der Waals surface area contributed by atoms with E-state index in [-0.39, 0.29) is 17.9 Å². The molecule has 130 valence electrons. The van der Waals surface area contributed by atoms with E-state index in [0.717, 1.165) is 36.6 Å². The summed E-state index contributed by atoms with van der Waals surface area (Å²) in [7, 11) is 0. The van der Waals surface area contributed by atoms with Gasteiger partial charge in [-0.05, 0) is 49.4 Å². The van der Waals surface area contributed by atoms with Crippen molar-refractivity contribution >= 4 is 23.2 Å². The first-order valence-corrected chi connectivity index (χ1v) is 9.03. The number of benzene rings is 1. The lowest BCUT2D eigenvalue weighted by Gasteiger charge is -2.12. The Morgan fingerprint density at radius 2 is 1.62 bits per heavy atom. The van der Waals surface area contributed by atoms with Crippen molar-refractivity contribution in [1.29, 1.82) is 0 Å².